The SMILES string of the molecule is CCCN(C)CC(NC)c1ccc(CC)cc1. The summed E-state index contributed by atoms with van der Waals surface area (Å²) in [6, 6.07) is 9.40. The molecule has 0 spiro atoms. The highest BCUT2D eigenvalue weighted by Crippen LogP contribution is 2.15. The number of likely N-dealkylation sites (N-methyl/N-ethyl adjacent to an activating group) is 2. The van der Waals surface area contributed by atoms with Crippen LogP contribution in [0.3, 0.4) is 0 Å². The molecule has 0 aliphatic heterocycles. The monoisotopic (exact) mass is 234 g/mol. The molecule has 0 heterocycles. The van der Waals surface area contributed by atoms with Gasteiger partial charge < -0.3 is 10.2 Å². The van der Waals surface area contributed by atoms with E-state index in [9.17, 15) is 0 Å². The van der Waals surface area contributed by atoms with Crippen molar-refractivity contribution in [3.63, 3.8) is 0 Å². The lowest BCUT2D eigenvalue weighted by molar-refractivity contribution is 0.297. The van der Waals surface area contributed by atoms with Gasteiger partial charge in [-0.3, -0.25) is 0 Å². The molecule has 0 aromatic heterocycles. The number of rotatable bonds is 7. The fourth-order valence-electron chi connectivity index (χ4n) is 2.13. The van der Waals surface area contributed by atoms with Gasteiger partial charge in [0.15, 0.2) is 0 Å². The van der Waals surface area contributed by atoms with Gasteiger partial charge in [0.1, 0.15) is 0 Å². The summed E-state index contributed by atoms with van der Waals surface area (Å²) < 4.78 is 0. The lowest BCUT2D eigenvalue weighted by Gasteiger charge is -2.24. The highest BCUT2D eigenvalue weighted by Gasteiger charge is 2.11. The van der Waals surface area contributed by atoms with E-state index in [4.69, 9.17) is 0 Å². The predicted molar refractivity (Wildman–Crippen MR) is 75.4 cm³/mol. The summed E-state index contributed by atoms with van der Waals surface area (Å²) in [5.41, 5.74) is 2.79. The van der Waals surface area contributed by atoms with Gasteiger partial charge in [-0.1, -0.05) is 38.1 Å². The molecular formula is C15H26N2. The van der Waals surface area contributed by atoms with Gasteiger partial charge in [-0.05, 0) is 44.6 Å². The normalized spacial score (nSPS) is 13.0. The van der Waals surface area contributed by atoms with Gasteiger partial charge in [0, 0.05) is 12.6 Å². The Balaban J connectivity index is 2.65. The molecule has 0 amide bonds. The van der Waals surface area contributed by atoms with E-state index in [0.29, 0.717) is 6.04 Å². The van der Waals surface area contributed by atoms with Gasteiger partial charge in [0.25, 0.3) is 0 Å². The van der Waals surface area contributed by atoms with Gasteiger partial charge in [0.2, 0.25) is 0 Å². The average Bonchev–Trinajstić information content (AvgIpc) is 2.36. The zero-order chi connectivity index (χ0) is 12.7. The fourth-order valence-corrected chi connectivity index (χ4v) is 2.13. The maximum absolute atomic E-state index is 3.40. The number of nitrogens with one attached hydrogen (secondary N) is 1. The van der Waals surface area contributed by atoms with Crippen molar-refractivity contribution in [3.05, 3.63) is 35.4 Å². The van der Waals surface area contributed by atoms with E-state index in [1.54, 1.807) is 0 Å². The Morgan fingerprint density at radius 2 is 1.82 bits per heavy atom. The summed E-state index contributed by atoms with van der Waals surface area (Å²) in [5.74, 6) is 0. The Morgan fingerprint density at radius 1 is 1.18 bits per heavy atom. The molecule has 17 heavy (non-hydrogen) atoms. The van der Waals surface area contributed by atoms with E-state index in [0.717, 1.165) is 19.5 Å². The third-order valence-electron chi connectivity index (χ3n) is 3.24. The third kappa shape index (κ3) is 4.49. The lowest BCUT2D eigenvalue weighted by atomic mass is 10.0. The molecular weight excluding hydrogens is 208 g/mol. The molecule has 0 saturated carbocycles. The first-order valence-electron chi connectivity index (χ1n) is 6.65. The Kier molecular flexibility index (Phi) is 6.23. The molecule has 2 heteroatoms. The molecule has 96 valence electrons. The summed E-state index contributed by atoms with van der Waals surface area (Å²) in [5, 5.41) is 3.40. The molecule has 1 rings (SSSR count). The molecule has 0 aliphatic carbocycles. The number of hydrogen-bond donors (Lipinski definition) is 1. The van der Waals surface area contributed by atoms with Crippen molar-refractivity contribution >= 4 is 0 Å². The van der Waals surface area contributed by atoms with Crippen LogP contribution in [0.5, 0.6) is 0 Å². The van der Waals surface area contributed by atoms with Crippen LogP contribution in [-0.2, 0) is 6.42 Å². The molecule has 2 nitrogen and oxygen atoms in total. The summed E-state index contributed by atoms with van der Waals surface area (Å²) in [6.07, 6.45) is 2.32. The molecule has 0 bridgehead atoms. The summed E-state index contributed by atoms with van der Waals surface area (Å²) >= 11 is 0. The van der Waals surface area contributed by atoms with E-state index in [1.165, 1.54) is 17.5 Å². The van der Waals surface area contributed by atoms with Crippen molar-refractivity contribution in [1.82, 2.24) is 10.2 Å². The van der Waals surface area contributed by atoms with E-state index in [-0.39, 0.29) is 0 Å². The maximum atomic E-state index is 3.40. The predicted octanol–water partition coefficient (Wildman–Crippen LogP) is 2.85. The van der Waals surface area contributed by atoms with Crippen molar-refractivity contribution in [1.29, 1.82) is 0 Å². The first-order chi connectivity index (χ1) is 8.21. The Labute approximate surface area is 106 Å². The zero-order valence-electron chi connectivity index (χ0n) is 11.7. The van der Waals surface area contributed by atoms with Crippen LogP contribution in [0.4, 0.5) is 0 Å². The highest BCUT2D eigenvalue weighted by atomic mass is 15.1. The lowest BCUT2D eigenvalue weighted by Crippen LogP contribution is -2.31. The topological polar surface area (TPSA) is 15.3 Å². The van der Waals surface area contributed by atoms with Crippen molar-refractivity contribution in [2.75, 3.05) is 27.2 Å². The first kappa shape index (κ1) is 14.2. The maximum Gasteiger partial charge on any atom is 0.0446 e. The van der Waals surface area contributed by atoms with Crippen LogP contribution in [0.2, 0.25) is 0 Å². The summed E-state index contributed by atoms with van der Waals surface area (Å²) in [7, 11) is 4.23. The fraction of sp³-hybridized carbons (Fsp3) is 0.600. The van der Waals surface area contributed by atoms with Crippen molar-refractivity contribution < 1.29 is 0 Å². The van der Waals surface area contributed by atoms with Gasteiger partial charge in [-0.15, -0.1) is 0 Å². The Hall–Kier alpha value is -0.860. The third-order valence-corrected chi connectivity index (χ3v) is 3.24. The van der Waals surface area contributed by atoms with Crippen molar-refractivity contribution in [2.45, 2.75) is 32.7 Å². The molecule has 1 aromatic rings. The quantitative estimate of drug-likeness (QED) is 0.780. The van der Waals surface area contributed by atoms with E-state index in [2.05, 4.69) is 55.4 Å². The zero-order valence-corrected chi connectivity index (χ0v) is 11.7. The first-order valence-corrected chi connectivity index (χ1v) is 6.65. The van der Waals surface area contributed by atoms with E-state index >= 15 is 0 Å². The van der Waals surface area contributed by atoms with Crippen molar-refractivity contribution in [3.8, 4) is 0 Å². The van der Waals surface area contributed by atoms with Crippen LogP contribution in [0, 0.1) is 0 Å². The Morgan fingerprint density at radius 3 is 2.29 bits per heavy atom. The van der Waals surface area contributed by atoms with Crippen LogP contribution < -0.4 is 5.32 Å². The molecule has 0 saturated heterocycles. The standard InChI is InChI=1S/C15H26N2/c1-5-11-17(4)12-15(16-3)14-9-7-13(6-2)8-10-14/h7-10,15-16H,5-6,11-12H2,1-4H3. The minimum Gasteiger partial charge on any atom is -0.312 e. The minimum atomic E-state index is 0.428. The van der Waals surface area contributed by atoms with E-state index < -0.39 is 0 Å². The van der Waals surface area contributed by atoms with Crippen LogP contribution in [0.15, 0.2) is 24.3 Å². The molecule has 0 aliphatic rings. The Bertz CT molecular complexity index is 305. The second kappa shape index (κ2) is 7.46. The largest absolute Gasteiger partial charge is 0.312 e. The summed E-state index contributed by atoms with van der Waals surface area (Å²) in [4.78, 5) is 2.38. The van der Waals surface area contributed by atoms with E-state index in [1.807, 2.05) is 7.05 Å². The number of nitrogens with zero attached hydrogens (tertiary/aromatic N) is 1. The molecule has 1 aromatic carbocycles. The van der Waals surface area contributed by atoms with Gasteiger partial charge in [-0.2, -0.15) is 0 Å². The second-order valence-electron chi connectivity index (χ2n) is 4.70. The molecule has 0 radical (unpaired) electrons. The minimum absolute atomic E-state index is 0.428. The van der Waals surface area contributed by atoms with Crippen LogP contribution in [0.25, 0.3) is 0 Å². The van der Waals surface area contributed by atoms with Crippen molar-refractivity contribution in [2.24, 2.45) is 0 Å². The molecule has 0 fully saturated rings. The summed E-state index contributed by atoms with van der Waals surface area (Å²) in [6.45, 7) is 6.64. The van der Waals surface area contributed by atoms with Gasteiger partial charge in [0.05, 0.1) is 0 Å². The number of benzene rings is 1. The van der Waals surface area contributed by atoms with Gasteiger partial charge >= 0.3 is 0 Å². The number of hydrogen-bond acceptors (Lipinski definition) is 2. The molecule has 1 atom stereocenters. The second-order valence-corrected chi connectivity index (χ2v) is 4.70. The van der Waals surface area contributed by atoms with Crippen LogP contribution in [-0.4, -0.2) is 32.1 Å². The smallest absolute Gasteiger partial charge is 0.0446 e. The van der Waals surface area contributed by atoms with Gasteiger partial charge in [-0.25, -0.2) is 0 Å². The molecule has 1 unspecified atom stereocenters. The average molecular weight is 234 g/mol. The number of aryl methyl sites for hydroxylation is 1. The van der Waals surface area contributed by atoms with Crippen LogP contribution in [0.1, 0.15) is 37.4 Å². The molecule has 1 N–H and O–H groups in total. The van der Waals surface area contributed by atoms with Crippen LogP contribution >= 0.6 is 0 Å². The highest BCUT2D eigenvalue weighted by molar-refractivity contribution is 5.25.